The van der Waals surface area contributed by atoms with E-state index >= 15 is 0 Å². The number of ketones is 1. The van der Waals surface area contributed by atoms with Crippen LogP contribution < -0.4 is 10.6 Å². The van der Waals surface area contributed by atoms with E-state index in [0.29, 0.717) is 18.0 Å². The molecule has 1 heterocycles. The van der Waals surface area contributed by atoms with E-state index in [4.69, 9.17) is 5.11 Å². The Labute approximate surface area is 161 Å². The lowest BCUT2D eigenvalue weighted by Crippen LogP contribution is -2.32. The smallest absolute Gasteiger partial charge is 0.404 e. The third-order valence-corrected chi connectivity index (χ3v) is 4.84. The first-order chi connectivity index (χ1) is 13.0. The minimum Gasteiger partial charge on any atom is -0.465 e. The van der Waals surface area contributed by atoms with Crippen LogP contribution in [0.1, 0.15) is 41.0 Å². The summed E-state index contributed by atoms with van der Waals surface area (Å²) < 4.78 is 0. The number of carbonyl (C=O) groups excluding carboxylic acids is 2. The maximum atomic E-state index is 12.8. The van der Waals surface area contributed by atoms with Gasteiger partial charge in [0, 0.05) is 31.1 Å². The highest BCUT2D eigenvalue weighted by Crippen LogP contribution is 2.25. The molecule has 0 aliphatic heterocycles. The SMILES string of the molecule is CC(CNC(=O)O)CC(=O)NCCC(C(=O)c1nccs1)c1ccccc1. The van der Waals surface area contributed by atoms with Gasteiger partial charge in [-0.1, -0.05) is 37.3 Å². The number of nitrogens with zero attached hydrogens (tertiary/aromatic N) is 1. The third kappa shape index (κ3) is 6.82. The monoisotopic (exact) mass is 389 g/mol. The van der Waals surface area contributed by atoms with E-state index in [0.717, 1.165) is 5.56 Å². The van der Waals surface area contributed by atoms with Gasteiger partial charge in [-0.3, -0.25) is 9.59 Å². The van der Waals surface area contributed by atoms with E-state index in [1.807, 2.05) is 30.3 Å². The number of thiazole rings is 1. The number of Topliss-reactive ketones (excluding diaryl/α,β-unsaturated/α-hetero) is 1. The van der Waals surface area contributed by atoms with E-state index in [1.54, 1.807) is 18.5 Å². The maximum Gasteiger partial charge on any atom is 0.404 e. The van der Waals surface area contributed by atoms with E-state index < -0.39 is 6.09 Å². The van der Waals surface area contributed by atoms with Gasteiger partial charge < -0.3 is 15.7 Å². The zero-order chi connectivity index (χ0) is 19.6. The van der Waals surface area contributed by atoms with Gasteiger partial charge in [-0.2, -0.15) is 0 Å². The fourth-order valence-electron chi connectivity index (χ4n) is 2.71. The van der Waals surface area contributed by atoms with Gasteiger partial charge in [0.2, 0.25) is 5.91 Å². The van der Waals surface area contributed by atoms with Gasteiger partial charge in [0.25, 0.3) is 0 Å². The molecular formula is C19H23N3O4S. The molecule has 2 amide bonds. The van der Waals surface area contributed by atoms with Crippen molar-refractivity contribution in [3.05, 3.63) is 52.5 Å². The molecule has 0 saturated heterocycles. The molecular weight excluding hydrogens is 366 g/mol. The largest absolute Gasteiger partial charge is 0.465 e. The van der Waals surface area contributed by atoms with Crippen LogP contribution in [0, 0.1) is 5.92 Å². The normalized spacial score (nSPS) is 12.8. The number of hydrogen-bond acceptors (Lipinski definition) is 5. The summed E-state index contributed by atoms with van der Waals surface area (Å²) in [5.41, 5.74) is 0.894. The molecule has 3 N–H and O–H groups in total. The van der Waals surface area contributed by atoms with Gasteiger partial charge in [-0.05, 0) is 17.9 Å². The van der Waals surface area contributed by atoms with Crippen molar-refractivity contribution >= 4 is 29.1 Å². The van der Waals surface area contributed by atoms with Crippen LogP contribution in [0.4, 0.5) is 4.79 Å². The Hall–Kier alpha value is -2.74. The van der Waals surface area contributed by atoms with Crippen LogP contribution in [0.25, 0.3) is 0 Å². The second-order valence-electron chi connectivity index (χ2n) is 6.30. The van der Waals surface area contributed by atoms with Crippen molar-refractivity contribution in [2.75, 3.05) is 13.1 Å². The molecule has 2 unspecified atom stereocenters. The molecule has 7 nitrogen and oxygen atoms in total. The van der Waals surface area contributed by atoms with Gasteiger partial charge >= 0.3 is 6.09 Å². The fourth-order valence-corrected chi connectivity index (χ4v) is 3.34. The molecule has 1 aromatic heterocycles. The summed E-state index contributed by atoms with van der Waals surface area (Å²) in [5, 5.41) is 15.9. The van der Waals surface area contributed by atoms with E-state index in [9.17, 15) is 14.4 Å². The van der Waals surface area contributed by atoms with Crippen molar-refractivity contribution in [3.63, 3.8) is 0 Å². The average molecular weight is 389 g/mol. The molecule has 0 fully saturated rings. The highest BCUT2D eigenvalue weighted by Gasteiger charge is 2.24. The summed E-state index contributed by atoms with van der Waals surface area (Å²) >= 11 is 1.31. The van der Waals surface area contributed by atoms with Crippen LogP contribution in [-0.4, -0.2) is 41.0 Å². The summed E-state index contributed by atoms with van der Waals surface area (Å²) in [6.07, 6.45) is 1.19. The standard InChI is InChI=1S/C19H23N3O4S/c1-13(12-22-19(25)26)11-16(23)20-8-7-15(14-5-3-2-4-6-14)17(24)18-21-9-10-27-18/h2-6,9-10,13,15,22H,7-8,11-12H2,1H3,(H,20,23)(H,25,26). The fraction of sp³-hybridized carbons (Fsp3) is 0.368. The number of hydrogen-bond donors (Lipinski definition) is 3. The summed E-state index contributed by atoms with van der Waals surface area (Å²) in [5.74, 6) is -0.695. The quantitative estimate of drug-likeness (QED) is 0.542. The number of amides is 2. The summed E-state index contributed by atoms with van der Waals surface area (Å²) in [4.78, 5) is 39.4. The molecule has 0 aliphatic carbocycles. The number of nitrogens with one attached hydrogen (secondary N) is 2. The summed E-state index contributed by atoms with van der Waals surface area (Å²) in [6, 6.07) is 9.46. The highest BCUT2D eigenvalue weighted by molar-refractivity contribution is 7.11. The van der Waals surface area contributed by atoms with Gasteiger partial charge in [-0.15, -0.1) is 11.3 Å². The average Bonchev–Trinajstić information content (AvgIpc) is 3.18. The first kappa shape index (κ1) is 20.6. The van der Waals surface area contributed by atoms with Gasteiger partial charge in [-0.25, -0.2) is 9.78 Å². The van der Waals surface area contributed by atoms with E-state index in [1.165, 1.54) is 11.3 Å². The lowest BCUT2D eigenvalue weighted by atomic mass is 9.91. The van der Waals surface area contributed by atoms with Gasteiger partial charge in [0.1, 0.15) is 0 Å². The van der Waals surface area contributed by atoms with Crippen molar-refractivity contribution in [1.82, 2.24) is 15.6 Å². The van der Waals surface area contributed by atoms with Crippen LogP contribution in [0.15, 0.2) is 41.9 Å². The number of carbonyl (C=O) groups is 3. The Morgan fingerprint density at radius 3 is 2.56 bits per heavy atom. The summed E-state index contributed by atoms with van der Waals surface area (Å²) in [6.45, 7) is 2.38. The Balaban J connectivity index is 1.90. The molecule has 2 aromatic rings. The number of aromatic nitrogens is 1. The predicted molar refractivity (Wildman–Crippen MR) is 103 cm³/mol. The van der Waals surface area contributed by atoms with Crippen molar-refractivity contribution in [2.24, 2.45) is 5.92 Å². The predicted octanol–water partition coefficient (Wildman–Crippen LogP) is 2.91. The Morgan fingerprint density at radius 1 is 1.19 bits per heavy atom. The molecule has 0 spiro atoms. The molecule has 1 aromatic carbocycles. The molecule has 8 heteroatoms. The zero-order valence-electron chi connectivity index (χ0n) is 15.1. The first-order valence-electron chi connectivity index (χ1n) is 8.69. The van der Waals surface area contributed by atoms with E-state index in [2.05, 4.69) is 15.6 Å². The molecule has 0 bridgehead atoms. The molecule has 2 rings (SSSR count). The second kappa shape index (κ2) is 10.4. The second-order valence-corrected chi connectivity index (χ2v) is 7.19. The Kier molecular flexibility index (Phi) is 7.94. The van der Waals surface area contributed by atoms with Crippen LogP contribution in [0.5, 0.6) is 0 Å². The first-order valence-corrected chi connectivity index (χ1v) is 9.57. The molecule has 2 atom stereocenters. The van der Waals surface area contributed by atoms with Crippen molar-refractivity contribution in [3.8, 4) is 0 Å². The molecule has 0 radical (unpaired) electrons. The minimum atomic E-state index is -1.10. The topological polar surface area (TPSA) is 108 Å². The number of carboxylic acid groups (broad SMARTS) is 1. The van der Waals surface area contributed by atoms with Crippen molar-refractivity contribution in [1.29, 1.82) is 0 Å². The highest BCUT2D eigenvalue weighted by atomic mass is 32.1. The lowest BCUT2D eigenvalue weighted by molar-refractivity contribution is -0.121. The third-order valence-electron chi connectivity index (χ3n) is 4.05. The molecule has 0 aliphatic rings. The lowest BCUT2D eigenvalue weighted by Gasteiger charge is -2.16. The van der Waals surface area contributed by atoms with Gasteiger partial charge in [0.15, 0.2) is 10.8 Å². The molecule has 144 valence electrons. The van der Waals surface area contributed by atoms with Crippen molar-refractivity contribution in [2.45, 2.75) is 25.7 Å². The summed E-state index contributed by atoms with van der Waals surface area (Å²) in [7, 11) is 0. The van der Waals surface area contributed by atoms with Crippen LogP contribution in [-0.2, 0) is 4.79 Å². The molecule has 27 heavy (non-hydrogen) atoms. The number of benzene rings is 1. The van der Waals surface area contributed by atoms with Crippen LogP contribution in [0.3, 0.4) is 0 Å². The maximum absolute atomic E-state index is 12.8. The zero-order valence-corrected chi connectivity index (χ0v) is 15.9. The van der Waals surface area contributed by atoms with Crippen molar-refractivity contribution < 1.29 is 19.5 Å². The Morgan fingerprint density at radius 2 is 1.93 bits per heavy atom. The Bertz CT molecular complexity index is 750. The number of rotatable bonds is 10. The van der Waals surface area contributed by atoms with E-state index in [-0.39, 0.29) is 36.5 Å². The van der Waals surface area contributed by atoms with Gasteiger partial charge in [0.05, 0.1) is 5.92 Å². The van der Waals surface area contributed by atoms with Crippen LogP contribution >= 0.6 is 11.3 Å². The molecule has 0 saturated carbocycles. The minimum absolute atomic E-state index is 0.0514. The van der Waals surface area contributed by atoms with Crippen LogP contribution in [0.2, 0.25) is 0 Å².